The van der Waals surface area contributed by atoms with Crippen LogP contribution in [-0.2, 0) is 6.54 Å². The summed E-state index contributed by atoms with van der Waals surface area (Å²) in [5, 5.41) is 8.88. The van der Waals surface area contributed by atoms with Gasteiger partial charge in [0.15, 0.2) is 5.76 Å². The number of piperazine rings is 1. The largest absolute Gasteiger partial charge is 0.451 e. The Hall–Kier alpha value is -3.43. The van der Waals surface area contributed by atoms with Gasteiger partial charge >= 0.3 is 0 Å². The Kier molecular flexibility index (Phi) is 5.41. The molecule has 0 aliphatic carbocycles. The van der Waals surface area contributed by atoms with E-state index in [-0.39, 0.29) is 11.7 Å². The molecule has 2 heterocycles. The summed E-state index contributed by atoms with van der Waals surface area (Å²) < 4.78 is 18.8. The molecule has 0 spiro atoms. The summed E-state index contributed by atoms with van der Waals surface area (Å²) in [5.41, 5.74) is 2.54. The fraction of sp³-hybridized carbons (Fsp3) is 0.217. The molecular formula is C23H20FN3O2. The van der Waals surface area contributed by atoms with Crippen molar-refractivity contribution >= 4 is 5.91 Å². The first-order valence-corrected chi connectivity index (χ1v) is 9.49. The maximum atomic E-state index is 13.1. The highest BCUT2D eigenvalue weighted by atomic mass is 19.1. The Bertz CT molecular complexity index is 1030. The molecule has 1 fully saturated rings. The molecule has 2 aromatic carbocycles. The molecule has 5 nitrogen and oxygen atoms in total. The first-order chi connectivity index (χ1) is 14.1. The topological polar surface area (TPSA) is 60.5 Å². The lowest BCUT2D eigenvalue weighted by Crippen LogP contribution is -2.48. The summed E-state index contributed by atoms with van der Waals surface area (Å²) in [7, 11) is 0. The molecule has 1 aliphatic rings. The molecule has 6 heteroatoms. The van der Waals surface area contributed by atoms with Gasteiger partial charge in [-0.1, -0.05) is 12.1 Å². The Morgan fingerprint density at radius 3 is 2.31 bits per heavy atom. The monoisotopic (exact) mass is 389 g/mol. The molecule has 1 aromatic heterocycles. The third-order valence-corrected chi connectivity index (χ3v) is 5.09. The molecule has 1 saturated heterocycles. The normalized spacial score (nSPS) is 14.6. The van der Waals surface area contributed by atoms with Gasteiger partial charge in [-0.05, 0) is 54.1 Å². The van der Waals surface area contributed by atoms with Crippen molar-refractivity contribution in [3.8, 4) is 17.4 Å². The van der Waals surface area contributed by atoms with E-state index in [9.17, 15) is 9.18 Å². The highest BCUT2D eigenvalue weighted by Gasteiger charge is 2.24. The number of halogens is 1. The van der Waals surface area contributed by atoms with Crippen LogP contribution >= 0.6 is 0 Å². The van der Waals surface area contributed by atoms with Crippen molar-refractivity contribution in [2.24, 2.45) is 0 Å². The SMILES string of the molecule is N#Cc1ccc(CN2CCN(C(=O)c3ccc(-c4ccc(F)cc4)o3)CC2)cc1. The van der Waals surface area contributed by atoms with Crippen molar-refractivity contribution in [3.63, 3.8) is 0 Å². The minimum absolute atomic E-state index is 0.128. The van der Waals surface area contributed by atoms with E-state index < -0.39 is 0 Å². The number of hydrogen-bond donors (Lipinski definition) is 0. The Balaban J connectivity index is 1.34. The van der Waals surface area contributed by atoms with E-state index in [0.29, 0.717) is 30.2 Å². The molecule has 4 rings (SSSR count). The van der Waals surface area contributed by atoms with Crippen LogP contribution in [0.25, 0.3) is 11.3 Å². The van der Waals surface area contributed by atoms with Crippen LogP contribution in [0.15, 0.2) is 65.1 Å². The van der Waals surface area contributed by atoms with Crippen LogP contribution in [0.4, 0.5) is 4.39 Å². The van der Waals surface area contributed by atoms with Crippen molar-refractivity contribution in [1.29, 1.82) is 5.26 Å². The fourth-order valence-corrected chi connectivity index (χ4v) is 3.43. The smallest absolute Gasteiger partial charge is 0.289 e. The first kappa shape index (κ1) is 18.9. The summed E-state index contributed by atoms with van der Waals surface area (Å²) in [6.45, 7) is 3.60. The van der Waals surface area contributed by atoms with Crippen LogP contribution < -0.4 is 0 Å². The second-order valence-electron chi connectivity index (χ2n) is 7.05. The molecule has 1 amide bonds. The van der Waals surface area contributed by atoms with E-state index in [1.54, 1.807) is 29.2 Å². The van der Waals surface area contributed by atoms with Gasteiger partial charge in [-0.2, -0.15) is 5.26 Å². The second-order valence-corrected chi connectivity index (χ2v) is 7.05. The highest BCUT2D eigenvalue weighted by Crippen LogP contribution is 2.23. The van der Waals surface area contributed by atoms with Crippen molar-refractivity contribution in [3.05, 3.63) is 83.4 Å². The fourth-order valence-electron chi connectivity index (χ4n) is 3.43. The lowest BCUT2D eigenvalue weighted by atomic mass is 10.1. The van der Waals surface area contributed by atoms with Gasteiger partial charge in [0, 0.05) is 38.3 Å². The van der Waals surface area contributed by atoms with Gasteiger partial charge in [0.1, 0.15) is 11.6 Å². The third kappa shape index (κ3) is 4.36. The standard InChI is InChI=1S/C23H20FN3O2/c24-20-7-5-19(6-8-20)21-9-10-22(29-21)23(28)27-13-11-26(12-14-27)16-18-3-1-17(15-25)2-4-18/h1-10H,11-14,16H2. The second kappa shape index (κ2) is 8.29. The zero-order chi connectivity index (χ0) is 20.2. The number of carbonyl (C=O) groups excluding carboxylic acids is 1. The van der Waals surface area contributed by atoms with Crippen LogP contribution in [0.3, 0.4) is 0 Å². The molecular weight excluding hydrogens is 369 g/mol. The number of carbonyl (C=O) groups is 1. The number of furan rings is 1. The molecule has 29 heavy (non-hydrogen) atoms. The minimum Gasteiger partial charge on any atom is -0.451 e. The van der Waals surface area contributed by atoms with Gasteiger partial charge in [0.2, 0.25) is 0 Å². The van der Waals surface area contributed by atoms with Crippen molar-refractivity contribution in [2.75, 3.05) is 26.2 Å². The number of hydrogen-bond acceptors (Lipinski definition) is 4. The molecule has 0 bridgehead atoms. The van der Waals surface area contributed by atoms with Crippen LogP contribution in [-0.4, -0.2) is 41.9 Å². The molecule has 1 aliphatic heterocycles. The molecule has 0 N–H and O–H groups in total. The van der Waals surface area contributed by atoms with Gasteiger partial charge < -0.3 is 9.32 Å². The maximum absolute atomic E-state index is 13.1. The third-order valence-electron chi connectivity index (χ3n) is 5.09. The molecule has 0 unspecified atom stereocenters. The van der Waals surface area contributed by atoms with Gasteiger partial charge in [0.25, 0.3) is 5.91 Å². The van der Waals surface area contributed by atoms with Gasteiger partial charge in [0.05, 0.1) is 11.6 Å². The quantitative estimate of drug-likeness (QED) is 0.679. The van der Waals surface area contributed by atoms with Gasteiger partial charge in [-0.15, -0.1) is 0 Å². The van der Waals surface area contributed by atoms with Crippen molar-refractivity contribution in [2.45, 2.75) is 6.54 Å². The van der Waals surface area contributed by atoms with E-state index in [1.165, 1.54) is 12.1 Å². The van der Waals surface area contributed by atoms with Crippen molar-refractivity contribution in [1.82, 2.24) is 9.80 Å². The highest BCUT2D eigenvalue weighted by molar-refractivity contribution is 5.92. The summed E-state index contributed by atoms with van der Waals surface area (Å²) in [5.74, 6) is 0.407. The lowest BCUT2D eigenvalue weighted by Gasteiger charge is -2.34. The van der Waals surface area contributed by atoms with Crippen LogP contribution in [0.2, 0.25) is 0 Å². The predicted molar refractivity (Wildman–Crippen MR) is 106 cm³/mol. The first-order valence-electron chi connectivity index (χ1n) is 9.49. The van der Waals surface area contributed by atoms with Crippen LogP contribution in [0.5, 0.6) is 0 Å². The summed E-state index contributed by atoms with van der Waals surface area (Å²) in [6.07, 6.45) is 0. The number of amides is 1. The average Bonchev–Trinajstić information content (AvgIpc) is 3.25. The van der Waals surface area contributed by atoms with Gasteiger partial charge in [-0.25, -0.2) is 4.39 Å². The maximum Gasteiger partial charge on any atom is 0.289 e. The lowest BCUT2D eigenvalue weighted by molar-refractivity contribution is 0.0598. The Morgan fingerprint density at radius 2 is 1.66 bits per heavy atom. The molecule has 0 saturated carbocycles. The molecule has 3 aromatic rings. The van der Waals surface area contributed by atoms with E-state index in [2.05, 4.69) is 11.0 Å². The summed E-state index contributed by atoms with van der Waals surface area (Å²) in [6, 6.07) is 19.1. The molecule has 0 atom stereocenters. The predicted octanol–water partition coefficient (Wildman–Crippen LogP) is 3.92. The number of nitriles is 1. The average molecular weight is 389 g/mol. The van der Waals surface area contributed by atoms with E-state index in [1.807, 2.05) is 24.3 Å². The molecule has 0 radical (unpaired) electrons. The number of nitrogens with zero attached hydrogens (tertiary/aromatic N) is 3. The number of rotatable bonds is 4. The summed E-state index contributed by atoms with van der Waals surface area (Å²) >= 11 is 0. The van der Waals surface area contributed by atoms with Crippen molar-refractivity contribution < 1.29 is 13.6 Å². The summed E-state index contributed by atoms with van der Waals surface area (Å²) in [4.78, 5) is 16.8. The van der Waals surface area contributed by atoms with Crippen LogP contribution in [0, 0.1) is 17.1 Å². The van der Waals surface area contributed by atoms with E-state index in [4.69, 9.17) is 9.68 Å². The van der Waals surface area contributed by atoms with Crippen LogP contribution in [0.1, 0.15) is 21.7 Å². The van der Waals surface area contributed by atoms with Gasteiger partial charge in [-0.3, -0.25) is 9.69 Å². The van der Waals surface area contributed by atoms with E-state index in [0.717, 1.165) is 30.8 Å². The zero-order valence-corrected chi connectivity index (χ0v) is 15.8. The minimum atomic E-state index is -0.310. The Labute approximate surface area is 168 Å². The Morgan fingerprint density at radius 1 is 0.966 bits per heavy atom. The number of benzene rings is 2. The zero-order valence-electron chi connectivity index (χ0n) is 15.8. The molecule has 146 valence electrons. The van der Waals surface area contributed by atoms with E-state index >= 15 is 0 Å².